The van der Waals surface area contributed by atoms with Gasteiger partial charge in [-0.15, -0.1) is 0 Å². The second kappa shape index (κ2) is 6.49. The highest BCUT2D eigenvalue weighted by atomic mass is 32.2. The SMILES string of the molecule is CC(C)OCCS(=O)(=O)N1CCC(=NO)C(C)C1. The van der Waals surface area contributed by atoms with Crippen LogP contribution >= 0.6 is 0 Å². The number of oxime groups is 1. The van der Waals surface area contributed by atoms with Crippen molar-refractivity contribution in [2.75, 3.05) is 25.4 Å². The van der Waals surface area contributed by atoms with E-state index in [9.17, 15) is 8.42 Å². The fourth-order valence-electron chi connectivity index (χ4n) is 1.91. The molecule has 1 N–H and O–H groups in total. The first kappa shape index (κ1) is 15.4. The molecule has 1 saturated heterocycles. The van der Waals surface area contributed by atoms with E-state index in [2.05, 4.69) is 5.16 Å². The van der Waals surface area contributed by atoms with Crippen molar-refractivity contribution in [2.24, 2.45) is 11.1 Å². The normalized spacial score (nSPS) is 24.9. The Morgan fingerprint density at radius 1 is 1.56 bits per heavy atom. The standard InChI is InChI=1S/C11H22N2O4S/c1-9(2)17-6-7-18(15,16)13-5-4-11(12-14)10(3)8-13/h9-10,14H,4-8H2,1-3H3. The highest BCUT2D eigenvalue weighted by Gasteiger charge is 2.30. The van der Waals surface area contributed by atoms with Crippen molar-refractivity contribution >= 4 is 15.7 Å². The summed E-state index contributed by atoms with van der Waals surface area (Å²) < 4.78 is 30.8. The van der Waals surface area contributed by atoms with Crippen molar-refractivity contribution in [3.63, 3.8) is 0 Å². The van der Waals surface area contributed by atoms with Gasteiger partial charge in [0.15, 0.2) is 0 Å². The molecule has 6 nitrogen and oxygen atoms in total. The number of nitrogens with zero attached hydrogens (tertiary/aromatic N) is 2. The lowest BCUT2D eigenvalue weighted by Gasteiger charge is -2.30. The molecule has 1 heterocycles. The third-order valence-electron chi connectivity index (χ3n) is 2.98. The summed E-state index contributed by atoms with van der Waals surface area (Å²) in [5.74, 6) is -0.0340. The Morgan fingerprint density at radius 2 is 2.22 bits per heavy atom. The zero-order chi connectivity index (χ0) is 13.8. The molecular weight excluding hydrogens is 256 g/mol. The number of hydrogen-bond acceptors (Lipinski definition) is 5. The molecule has 0 amide bonds. The summed E-state index contributed by atoms with van der Waals surface area (Å²) in [5.41, 5.74) is 0.667. The Morgan fingerprint density at radius 3 is 2.72 bits per heavy atom. The van der Waals surface area contributed by atoms with Crippen molar-refractivity contribution in [1.29, 1.82) is 0 Å². The number of hydrogen-bond donors (Lipinski definition) is 1. The highest BCUT2D eigenvalue weighted by Crippen LogP contribution is 2.17. The van der Waals surface area contributed by atoms with Gasteiger partial charge in [-0.3, -0.25) is 0 Å². The summed E-state index contributed by atoms with van der Waals surface area (Å²) >= 11 is 0. The van der Waals surface area contributed by atoms with Gasteiger partial charge in [-0.2, -0.15) is 0 Å². The molecule has 0 aromatic rings. The zero-order valence-electron chi connectivity index (χ0n) is 11.2. The van der Waals surface area contributed by atoms with E-state index in [4.69, 9.17) is 9.94 Å². The Hall–Kier alpha value is -0.660. The molecule has 1 aliphatic rings. The molecule has 0 spiro atoms. The van der Waals surface area contributed by atoms with Gasteiger partial charge in [0, 0.05) is 25.4 Å². The first-order valence-electron chi connectivity index (χ1n) is 6.17. The summed E-state index contributed by atoms with van der Waals surface area (Å²) in [4.78, 5) is 0. The van der Waals surface area contributed by atoms with Crippen LogP contribution in [0.5, 0.6) is 0 Å². The van der Waals surface area contributed by atoms with Gasteiger partial charge in [0.1, 0.15) is 0 Å². The molecule has 1 aliphatic heterocycles. The Balaban J connectivity index is 2.54. The minimum atomic E-state index is -3.27. The van der Waals surface area contributed by atoms with Crippen molar-refractivity contribution in [3.05, 3.63) is 0 Å². The van der Waals surface area contributed by atoms with Gasteiger partial charge in [0.2, 0.25) is 10.0 Å². The van der Waals surface area contributed by atoms with E-state index in [1.807, 2.05) is 20.8 Å². The summed E-state index contributed by atoms with van der Waals surface area (Å²) in [6.45, 7) is 6.59. The molecular formula is C11H22N2O4S. The van der Waals surface area contributed by atoms with Gasteiger partial charge in [0.25, 0.3) is 0 Å². The molecule has 0 saturated carbocycles. The Kier molecular flexibility index (Phi) is 5.55. The number of rotatable bonds is 5. The lowest BCUT2D eigenvalue weighted by molar-refractivity contribution is 0.0906. The topological polar surface area (TPSA) is 79.2 Å². The molecule has 0 radical (unpaired) electrons. The number of piperidine rings is 1. The van der Waals surface area contributed by atoms with E-state index in [0.717, 1.165) is 0 Å². The first-order chi connectivity index (χ1) is 8.36. The van der Waals surface area contributed by atoms with E-state index in [-0.39, 0.29) is 24.4 Å². The quantitative estimate of drug-likeness (QED) is 0.599. The van der Waals surface area contributed by atoms with Crippen LogP contribution in [0.25, 0.3) is 0 Å². The molecule has 0 aliphatic carbocycles. The maximum absolute atomic E-state index is 12.1. The van der Waals surface area contributed by atoms with Crippen LogP contribution in [0.3, 0.4) is 0 Å². The fraction of sp³-hybridized carbons (Fsp3) is 0.909. The Labute approximate surface area is 109 Å². The minimum absolute atomic E-state index is 0.00347. The lowest BCUT2D eigenvalue weighted by Crippen LogP contribution is -2.44. The monoisotopic (exact) mass is 278 g/mol. The van der Waals surface area contributed by atoms with Gasteiger partial charge in [0.05, 0.1) is 24.2 Å². The molecule has 18 heavy (non-hydrogen) atoms. The summed E-state index contributed by atoms with van der Waals surface area (Å²) in [6.07, 6.45) is 0.524. The maximum atomic E-state index is 12.1. The van der Waals surface area contributed by atoms with Gasteiger partial charge in [-0.25, -0.2) is 12.7 Å². The highest BCUT2D eigenvalue weighted by molar-refractivity contribution is 7.89. The molecule has 1 unspecified atom stereocenters. The third kappa shape index (κ3) is 4.22. The summed E-state index contributed by atoms with van der Waals surface area (Å²) in [6, 6.07) is 0. The number of sulfonamides is 1. The fourth-order valence-corrected chi connectivity index (χ4v) is 3.29. The van der Waals surface area contributed by atoms with E-state index >= 15 is 0 Å². The molecule has 0 aromatic carbocycles. The molecule has 106 valence electrons. The van der Waals surface area contributed by atoms with Crippen LogP contribution in [0.4, 0.5) is 0 Å². The molecule has 1 fully saturated rings. The van der Waals surface area contributed by atoms with Crippen molar-refractivity contribution in [3.8, 4) is 0 Å². The van der Waals surface area contributed by atoms with Crippen molar-refractivity contribution < 1.29 is 18.4 Å². The maximum Gasteiger partial charge on any atom is 0.216 e. The van der Waals surface area contributed by atoms with Crippen LogP contribution in [-0.4, -0.2) is 55.2 Å². The zero-order valence-corrected chi connectivity index (χ0v) is 12.0. The summed E-state index contributed by atoms with van der Waals surface area (Å²) in [5, 5.41) is 12.0. The van der Waals surface area contributed by atoms with Crippen LogP contribution in [-0.2, 0) is 14.8 Å². The van der Waals surface area contributed by atoms with Crippen LogP contribution < -0.4 is 0 Å². The number of ether oxygens (including phenoxy) is 1. The third-order valence-corrected chi connectivity index (χ3v) is 4.78. The first-order valence-corrected chi connectivity index (χ1v) is 7.78. The lowest BCUT2D eigenvalue weighted by atomic mass is 10.00. The Bertz CT molecular complexity index is 392. The van der Waals surface area contributed by atoms with E-state index in [1.165, 1.54) is 4.31 Å². The molecule has 1 rings (SSSR count). The van der Waals surface area contributed by atoms with E-state index in [0.29, 0.717) is 25.2 Å². The van der Waals surface area contributed by atoms with Gasteiger partial charge in [-0.1, -0.05) is 12.1 Å². The van der Waals surface area contributed by atoms with Crippen molar-refractivity contribution in [2.45, 2.75) is 33.3 Å². The molecule has 1 atom stereocenters. The second-order valence-electron chi connectivity index (χ2n) is 4.84. The average molecular weight is 278 g/mol. The second-order valence-corrected chi connectivity index (χ2v) is 6.92. The van der Waals surface area contributed by atoms with E-state index in [1.54, 1.807) is 0 Å². The average Bonchev–Trinajstić information content (AvgIpc) is 2.28. The minimum Gasteiger partial charge on any atom is -0.411 e. The van der Waals surface area contributed by atoms with Crippen molar-refractivity contribution in [1.82, 2.24) is 4.31 Å². The largest absolute Gasteiger partial charge is 0.411 e. The predicted octanol–water partition coefficient (Wildman–Crippen LogP) is 0.913. The van der Waals surface area contributed by atoms with Gasteiger partial charge in [-0.05, 0) is 13.8 Å². The smallest absolute Gasteiger partial charge is 0.216 e. The van der Waals surface area contributed by atoms with Crippen LogP contribution in [0.2, 0.25) is 0 Å². The van der Waals surface area contributed by atoms with E-state index < -0.39 is 10.0 Å². The predicted molar refractivity (Wildman–Crippen MR) is 69.5 cm³/mol. The molecule has 0 bridgehead atoms. The van der Waals surface area contributed by atoms with Crippen LogP contribution in [0.15, 0.2) is 5.16 Å². The van der Waals surface area contributed by atoms with Gasteiger partial charge >= 0.3 is 0 Å². The van der Waals surface area contributed by atoms with Crippen LogP contribution in [0.1, 0.15) is 27.2 Å². The molecule has 0 aromatic heterocycles. The van der Waals surface area contributed by atoms with Crippen LogP contribution in [0, 0.1) is 5.92 Å². The molecule has 7 heteroatoms. The van der Waals surface area contributed by atoms with Gasteiger partial charge < -0.3 is 9.94 Å². The summed E-state index contributed by atoms with van der Waals surface area (Å²) in [7, 11) is -3.27.